The fraction of sp³-hybridized carbons (Fsp3) is 0.600. The molecule has 98 valence electrons. The summed E-state index contributed by atoms with van der Waals surface area (Å²) in [4.78, 5) is 3.89. The predicted molar refractivity (Wildman–Crippen MR) is 79.6 cm³/mol. The highest BCUT2D eigenvalue weighted by atomic mass is 32.2. The summed E-state index contributed by atoms with van der Waals surface area (Å²) in [5, 5.41) is 3.77. The van der Waals surface area contributed by atoms with Crippen LogP contribution in [-0.2, 0) is 0 Å². The van der Waals surface area contributed by atoms with Crippen molar-refractivity contribution >= 4 is 17.4 Å². The van der Waals surface area contributed by atoms with Gasteiger partial charge in [0.1, 0.15) is 0 Å². The molecular formula is C15H22N2S. The SMILES string of the molecule is CSc1ccc(N2CCCC(NC3CC3)C2)cc1. The minimum atomic E-state index is 0.700. The molecule has 1 aromatic carbocycles. The van der Waals surface area contributed by atoms with E-state index in [-0.39, 0.29) is 0 Å². The van der Waals surface area contributed by atoms with Gasteiger partial charge in [-0.05, 0) is 56.2 Å². The summed E-state index contributed by atoms with van der Waals surface area (Å²) < 4.78 is 0. The van der Waals surface area contributed by atoms with Gasteiger partial charge in [0, 0.05) is 35.8 Å². The number of thioether (sulfide) groups is 1. The summed E-state index contributed by atoms with van der Waals surface area (Å²) >= 11 is 1.81. The first-order valence-corrected chi connectivity index (χ1v) is 8.22. The van der Waals surface area contributed by atoms with Crippen molar-refractivity contribution in [2.75, 3.05) is 24.2 Å². The van der Waals surface area contributed by atoms with Crippen molar-refractivity contribution in [3.63, 3.8) is 0 Å². The van der Waals surface area contributed by atoms with Crippen LogP contribution in [0.5, 0.6) is 0 Å². The third-order valence-electron chi connectivity index (χ3n) is 3.91. The van der Waals surface area contributed by atoms with Crippen LogP contribution in [0.15, 0.2) is 29.2 Å². The van der Waals surface area contributed by atoms with Crippen LogP contribution in [0.2, 0.25) is 0 Å². The van der Waals surface area contributed by atoms with Gasteiger partial charge in [-0.2, -0.15) is 0 Å². The minimum Gasteiger partial charge on any atom is -0.370 e. The number of hydrogen-bond donors (Lipinski definition) is 1. The highest BCUT2D eigenvalue weighted by Crippen LogP contribution is 2.25. The molecule has 2 aliphatic rings. The third kappa shape index (κ3) is 3.01. The van der Waals surface area contributed by atoms with E-state index in [9.17, 15) is 0 Å². The lowest BCUT2D eigenvalue weighted by Crippen LogP contribution is -2.46. The summed E-state index contributed by atoms with van der Waals surface area (Å²) in [6.07, 6.45) is 7.56. The first kappa shape index (κ1) is 12.4. The summed E-state index contributed by atoms with van der Waals surface area (Å²) in [6.45, 7) is 2.39. The topological polar surface area (TPSA) is 15.3 Å². The quantitative estimate of drug-likeness (QED) is 0.839. The zero-order chi connectivity index (χ0) is 12.4. The van der Waals surface area contributed by atoms with Crippen molar-refractivity contribution in [2.24, 2.45) is 0 Å². The molecule has 2 fully saturated rings. The molecule has 1 heterocycles. The molecule has 3 heteroatoms. The van der Waals surface area contributed by atoms with Crippen LogP contribution in [0.1, 0.15) is 25.7 Å². The maximum Gasteiger partial charge on any atom is 0.0367 e. The van der Waals surface area contributed by atoms with E-state index >= 15 is 0 Å². The maximum absolute atomic E-state index is 3.77. The number of piperidine rings is 1. The second-order valence-electron chi connectivity index (χ2n) is 5.42. The van der Waals surface area contributed by atoms with Crippen LogP contribution >= 0.6 is 11.8 Å². The monoisotopic (exact) mass is 262 g/mol. The number of nitrogens with zero attached hydrogens (tertiary/aromatic N) is 1. The smallest absolute Gasteiger partial charge is 0.0367 e. The molecule has 1 unspecified atom stereocenters. The molecular weight excluding hydrogens is 240 g/mol. The zero-order valence-corrected chi connectivity index (χ0v) is 11.9. The lowest BCUT2D eigenvalue weighted by atomic mass is 10.0. The molecule has 1 aromatic rings. The van der Waals surface area contributed by atoms with Crippen LogP contribution in [0.3, 0.4) is 0 Å². The average molecular weight is 262 g/mol. The van der Waals surface area contributed by atoms with Crippen molar-refractivity contribution in [1.29, 1.82) is 0 Å². The van der Waals surface area contributed by atoms with Gasteiger partial charge in [0.05, 0.1) is 0 Å². The molecule has 2 nitrogen and oxygen atoms in total. The minimum absolute atomic E-state index is 0.700. The van der Waals surface area contributed by atoms with Crippen LogP contribution in [0, 0.1) is 0 Å². The Morgan fingerprint density at radius 1 is 1.11 bits per heavy atom. The van der Waals surface area contributed by atoms with E-state index in [4.69, 9.17) is 0 Å². The van der Waals surface area contributed by atoms with E-state index in [0.717, 1.165) is 6.04 Å². The van der Waals surface area contributed by atoms with E-state index in [2.05, 4.69) is 40.7 Å². The summed E-state index contributed by atoms with van der Waals surface area (Å²) in [6, 6.07) is 10.5. The Kier molecular flexibility index (Phi) is 3.80. The van der Waals surface area contributed by atoms with Gasteiger partial charge in [-0.1, -0.05) is 0 Å². The molecule has 1 atom stereocenters. The van der Waals surface area contributed by atoms with Crippen LogP contribution in [-0.4, -0.2) is 31.4 Å². The van der Waals surface area contributed by atoms with E-state index in [1.807, 2.05) is 11.8 Å². The largest absolute Gasteiger partial charge is 0.370 e. The molecule has 0 amide bonds. The number of benzene rings is 1. The third-order valence-corrected chi connectivity index (χ3v) is 4.65. The van der Waals surface area contributed by atoms with Crippen LogP contribution < -0.4 is 10.2 Å². The lowest BCUT2D eigenvalue weighted by Gasteiger charge is -2.35. The van der Waals surface area contributed by atoms with E-state index in [1.165, 1.54) is 49.4 Å². The number of rotatable bonds is 4. The molecule has 0 aromatic heterocycles. The maximum atomic E-state index is 3.77. The predicted octanol–water partition coefficient (Wildman–Crippen LogP) is 3.13. The van der Waals surface area contributed by atoms with Crippen molar-refractivity contribution in [3.05, 3.63) is 24.3 Å². The van der Waals surface area contributed by atoms with Crippen molar-refractivity contribution in [2.45, 2.75) is 42.7 Å². The Labute approximate surface area is 114 Å². The average Bonchev–Trinajstić information content (AvgIpc) is 3.23. The molecule has 1 saturated carbocycles. The van der Waals surface area contributed by atoms with Gasteiger partial charge in [0.2, 0.25) is 0 Å². The van der Waals surface area contributed by atoms with E-state index in [0.29, 0.717) is 6.04 Å². The van der Waals surface area contributed by atoms with Gasteiger partial charge >= 0.3 is 0 Å². The summed E-state index contributed by atoms with van der Waals surface area (Å²) in [5.41, 5.74) is 1.38. The molecule has 0 bridgehead atoms. The molecule has 0 spiro atoms. The Balaban J connectivity index is 1.62. The number of hydrogen-bond acceptors (Lipinski definition) is 3. The van der Waals surface area contributed by atoms with Gasteiger partial charge in [0.25, 0.3) is 0 Å². The number of nitrogens with one attached hydrogen (secondary N) is 1. The van der Waals surface area contributed by atoms with Gasteiger partial charge in [-0.15, -0.1) is 11.8 Å². The highest BCUT2D eigenvalue weighted by molar-refractivity contribution is 7.98. The van der Waals surface area contributed by atoms with E-state index < -0.39 is 0 Å². The first-order valence-electron chi connectivity index (χ1n) is 7.00. The lowest BCUT2D eigenvalue weighted by molar-refractivity contribution is 0.420. The number of anilines is 1. The Bertz CT molecular complexity index is 386. The van der Waals surface area contributed by atoms with Gasteiger partial charge in [-0.3, -0.25) is 0 Å². The van der Waals surface area contributed by atoms with Crippen LogP contribution in [0.25, 0.3) is 0 Å². The van der Waals surface area contributed by atoms with Gasteiger partial charge in [-0.25, -0.2) is 0 Å². The molecule has 1 aliphatic heterocycles. The molecule has 0 radical (unpaired) electrons. The first-order chi connectivity index (χ1) is 8.85. The summed E-state index contributed by atoms with van der Waals surface area (Å²) in [5.74, 6) is 0. The highest BCUT2D eigenvalue weighted by Gasteiger charge is 2.27. The standard InChI is InChI=1S/C15H22N2S/c1-18-15-8-6-14(7-9-15)17-10-2-3-13(11-17)16-12-4-5-12/h6-9,12-13,16H,2-5,10-11H2,1H3. The van der Waals surface area contributed by atoms with Crippen molar-refractivity contribution < 1.29 is 0 Å². The zero-order valence-electron chi connectivity index (χ0n) is 11.1. The normalized spacial score (nSPS) is 24.3. The molecule has 3 rings (SSSR count). The van der Waals surface area contributed by atoms with Crippen molar-refractivity contribution in [1.82, 2.24) is 5.32 Å². The van der Waals surface area contributed by atoms with Gasteiger partial charge < -0.3 is 10.2 Å². The summed E-state index contributed by atoms with van der Waals surface area (Å²) in [7, 11) is 0. The van der Waals surface area contributed by atoms with Crippen LogP contribution in [0.4, 0.5) is 5.69 Å². The molecule has 1 N–H and O–H groups in total. The Morgan fingerprint density at radius 2 is 1.89 bits per heavy atom. The Hall–Kier alpha value is -0.670. The molecule has 18 heavy (non-hydrogen) atoms. The fourth-order valence-corrected chi connectivity index (χ4v) is 3.13. The molecule has 1 aliphatic carbocycles. The van der Waals surface area contributed by atoms with Gasteiger partial charge in [0.15, 0.2) is 0 Å². The second-order valence-corrected chi connectivity index (χ2v) is 6.30. The Morgan fingerprint density at radius 3 is 2.56 bits per heavy atom. The second kappa shape index (κ2) is 5.54. The van der Waals surface area contributed by atoms with E-state index in [1.54, 1.807) is 0 Å². The van der Waals surface area contributed by atoms with Crippen molar-refractivity contribution in [3.8, 4) is 0 Å². The molecule has 1 saturated heterocycles. The fourth-order valence-electron chi connectivity index (χ4n) is 2.72.